The second-order valence-electron chi connectivity index (χ2n) is 4.25. The Hall–Kier alpha value is -2.15. The van der Waals surface area contributed by atoms with Crippen LogP contribution in [0.3, 0.4) is 0 Å². The molecule has 3 rings (SSSR count). The lowest BCUT2D eigenvalue weighted by atomic mass is 10.1. The van der Waals surface area contributed by atoms with Crippen molar-refractivity contribution in [2.45, 2.75) is 6.18 Å². The summed E-state index contributed by atoms with van der Waals surface area (Å²) in [5.41, 5.74) is 0.392. The van der Waals surface area contributed by atoms with Gasteiger partial charge in [0.1, 0.15) is 5.82 Å². The van der Waals surface area contributed by atoms with Crippen LogP contribution in [0.15, 0.2) is 36.4 Å². The first-order valence-electron chi connectivity index (χ1n) is 5.74. The highest BCUT2D eigenvalue weighted by Gasteiger charge is 2.37. The van der Waals surface area contributed by atoms with Crippen LogP contribution in [-0.2, 0) is 6.18 Å². The number of fused-ring (bicyclic) bond motifs is 1. The molecule has 8 heteroatoms. The van der Waals surface area contributed by atoms with Crippen molar-refractivity contribution in [2.75, 3.05) is 0 Å². The van der Waals surface area contributed by atoms with Crippen LogP contribution in [0.25, 0.3) is 16.9 Å². The molecule has 0 fully saturated rings. The molecule has 0 aliphatic heterocycles. The van der Waals surface area contributed by atoms with E-state index < -0.39 is 17.8 Å². The summed E-state index contributed by atoms with van der Waals surface area (Å²) in [5, 5.41) is 6.54. The van der Waals surface area contributed by atoms with Gasteiger partial charge < -0.3 is 0 Å². The van der Waals surface area contributed by atoms with E-state index in [1.807, 2.05) is 0 Å². The van der Waals surface area contributed by atoms with Crippen molar-refractivity contribution in [3.05, 3.63) is 53.1 Å². The summed E-state index contributed by atoms with van der Waals surface area (Å²) in [4.78, 5) is 0. The van der Waals surface area contributed by atoms with Crippen LogP contribution in [0.5, 0.6) is 0 Å². The molecule has 0 N–H and O–H groups in total. The van der Waals surface area contributed by atoms with Gasteiger partial charge in [0.2, 0.25) is 5.82 Å². The number of pyridine rings is 1. The molecule has 2 heterocycles. The lowest BCUT2D eigenvalue weighted by Crippen LogP contribution is -2.12. The van der Waals surface area contributed by atoms with Gasteiger partial charge in [-0.3, -0.25) is 4.40 Å². The molecule has 3 aromatic rings. The smallest absolute Gasteiger partial charge is 0.271 e. The molecule has 0 saturated heterocycles. The predicted molar refractivity (Wildman–Crippen MR) is 68.4 cm³/mol. The van der Waals surface area contributed by atoms with Gasteiger partial charge in [0.25, 0.3) is 0 Å². The molecule has 1 aromatic carbocycles. The largest absolute Gasteiger partial charge is 0.452 e. The van der Waals surface area contributed by atoms with E-state index in [0.29, 0.717) is 0 Å². The molecule has 0 amide bonds. The summed E-state index contributed by atoms with van der Waals surface area (Å²) in [7, 11) is 0. The molecule has 0 atom stereocenters. The number of alkyl halides is 3. The van der Waals surface area contributed by atoms with Crippen molar-refractivity contribution < 1.29 is 17.6 Å². The molecule has 108 valence electrons. The van der Waals surface area contributed by atoms with Crippen LogP contribution in [-0.4, -0.2) is 14.6 Å². The zero-order chi connectivity index (χ0) is 15.2. The van der Waals surface area contributed by atoms with E-state index in [2.05, 4.69) is 10.2 Å². The summed E-state index contributed by atoms with van der Waals surface area (Å²) in [5.74, 6) is -1.88. The number of rotatable bonds is 1. The van der Waals surface area contributed by atoms with E-state index in [4.69, 9.17) is 11.6 Å². The molecule has 0 spiro atoms. The summed E-state index contributed by atoms with van der Waals surface area (Å²) in [6.45, 7) is 0. The first-order valence-corrected chi connectivity index (χ1v) is 6.12. The zero-order valence-electron chi connectivity index (χ0n) is 10.2. The van der Waals surface area contributed by atoms with Gasteiger partial charge in [-0.15, -0.1) is 10.2 Å². The van der Waals surface area contributed by atoms with Gasteiger partial charge in [0, 0.05) is 5.56 Å². The fourth-order valence-corrected chi connectivity index (χ4v) is 2.12. The second kappa shape index (κ2) is 4.70. The van der Waals surface area contributed by atoms with Gasteiger partial charge in [0.15, 0.2) is 5.65 Å². The van der Waals surface area contributed by atoms with E-state index in [0.717, 1.165) is 10.5 Å². The van der Waals surface area contributed by atoms with Gasteiger partial charge in [-0.05, 0) is 24.3 Å². The molecule has 0 bridgehead atoms. The number of hydrogen-bond acceptors (Lipinski definition) is 2. The van der Waals surface area contributed by atoms with E-state index in [1.165, 1.54) is 30.3 Å². The number of halogens is 5. The molecule has 21 heavy (non-hydrogen) atoms. The first kappa shape index (κ1) is 13.8. The van der Waals surface area contributed by atoms with E-state index >= 15 is 0 Å². The number of hydrogen-bond donors (Lipinski definition) is 0. The third kappa shape index (κ3) is 2.33. The van der Waals surface area contributed by atoms with Crippen LogP contribution in [0.1, 0.15) is 5.82 Å². The van der Waals surface area contributed by atoms with Crippen molar-refractivity contribution >= 4 is 17.2 Å². The standard InChI is InChI=1S/C13H6ClF4N3/c14-8-5-4-7(6-9(8)15)10-2-1-3-11-19-20-12(21(10)11)13(16,17)18/h1-6H. The van der Waals surface area contributed by atoms with Crippen molar-refractivity contribution in [1.82, 2.24) is 14.6 Å². The fraction of sp³-hybridized carbons (Fsp3) is 0.0769. The Morgan fingerprint density at radius 2 is 1.81 bits per heavy atom. The lowest BCUT2D eigenvalue weighted by molar-refractivity contribution is -0.145. The molecule has 3 nitrogen and oxygen atoms in total. The summed E-state index contributed by atoms with van der Waals surface area (Å²) >= 11 is 5.58. The van der Waals surface area contributed by atoms with E-state index in [9.17, 15) is 17.6 Å². The molecule has 0 aliphatic rings. The maximum atomic E-state index is 13.5. The van der Waals surface area contributed by atoms with Gasteiger partial charge >= 0.3 is 6.18 Å². The van der Waals surface area contributed by atoms with Crippen LogP contribution >= 0.6 is 11.6 Å². The van der Waals surface area contributed by atoms with Crippen LogP contribution in [0.4, 0.5) is 17.6 Å². The average molecular weight is 316 g/mol. The maximum Gasteiger partial charge on any atom is 0.452 e. The Morgan fingerprint density at radius 1 is 1.05 bits per heavy atom. The third-order valence-corrected chi connectivity index (χ3v) is 3.20. The Morgan fingerprint density at radius 3 is 2.48 bits per heavy atom. The van der Waals surface area contributed by atoms with Gasteiger partial charge in [-0.2, -0.15) is 13.2 Å². The number of benzene rings is 1. The topological polar surface area (TPSA) is 30.2 Å². The van der Waals surface area contributed by atoms with Gasteiger partial charge in [-0.1, -0.05) is 23.7 Å². The van der Waals surface area contributed by atoms with Gasteiger partial charge in [-0.25, -0.2) is 4.39 Å². The monoisotopic (exact) mass is 315 g/mol. The quantitative estimate of drug-likeness (QED) is 0.630. The van der Waals surface area contributed by atoms with Crippen molar-refractivity contribution in [2.24, 2.45) is 0 Å². The minimum Gasteiger partial charge on any atom is -0.271 e. The fourth-order valence-electron chi connectivity index (χ4n) is 2.01. The number of nitrogens with zero attached hydrogens (tertiary/aromatic N) is 3. The van der Waals surface area contributed by atoms with Crippen LogP contribution in [0, 0.1) is 5.82 Å². The minimum atomic E-state index is -4.67. The molecule has 2 aromatic heterocycles. The van der Waals surface area contributed by atoms with E-state index in [1.54, 1.807) is 0 Å². The molecule has 0 radical (unpaired) electrons. The van der Waals surface area contributed by atoms with Crippen molar-refractivity contribution in [3.63, 3.8) is 0 Å². The Kier molecular flexibility index (Phi) is 3.09. The first-order chi connectivity index (χ1) is 9.88. The van der Waals surface area contributed by atoms with Crippen molar-refractivity contribution in [1.29, 1.82) is 0 Å². The number of aromatic nitrogens is 3. The molecule has 0 saturated carbocycles. The van der Waals surface area contributed by atoms with Crippen molar-refractivity contribution in [3.8, 4) is 11.3 Å². The Labute approximate surface area is 120 Å². The Bertz CT molecular complexity index is 826. The molecule has 0 aliphatic carbocycles. The summed E-state index contributed by atoms with van der Waals surface area (Å²) in [6, 6.07) is 8.11. The highest BCUT2D eigenvalue weighted by Crippen LogP contribution is 2.32. The molecular formula is C13H6ClF4N3. The maximum absolute atomic E-state index is 13.5. The SMILES string of the molecule is Fc1cc(-c2cccc3nnc(C(F)(F)F)n23)ccc1Cl. The van der Waals surface area contributed by atoms with Gasteiger partial charge in [0.05, 0.1) is 10.7 Å². The third-order valence-electron chi connectivity index (χ3n) is 2.90. The minimum absolute atomic E-state index is 0.0233. The summed E-state index contributed by atoms with van der Waals surface area (Å²) in [6.07, 6.45) is -4.67. The van der Waals surface area contributed by atoms with Crippen LogP contribution < -0.4 is 0 Å². The highest BCUT2D eigenvalue weighted by atomic mass is 35.5. The molecule has 0 unspecified atom stereocenters. The van der Waals surface area contributed by atoms with E-state index in [-0.39, 0.29) is 21.9 Å². The molecular weight excluding hydrogens is 310 g/mol. The summed E-state index contributed by atoms with van der Waals surface area (Å²) < 4.78 is 53.3. The normalized spacial score (nSPS) is 12.0. The Balaban J connectivity index is 2.32. The highest BCUT2D eigenvalue weighted by molar-refractivity contribution is 6.30. The van der Waals surface area contributed by atoms with Crippen LogP contribution in [0.2, 0.25) is 5.02 Å². The predicted octanol–water partition coefficient (Wildman–Crippen LogP) is 4.21. The average Bonchev–Trinajstić information content (AvgIpc) is 2.85. The second-order valence-corrected chi connectivity index (χ2v) is 4.66. The zero-order valence-corrected chi connectivity index (χ0v) is 11.0. The lowest BCUT2D eigenvalue weighted by Gasteiger charge is -2.10.